The number of rotatable bonds is 6. The Kier molecular flexibility index (Phi) is 9.33. The number of hydrogen-bond acceptors (Lipinski definition) is 4. The van der Waals surface area contributed by atoms with E-state index in [4.69, 9.17) is 15.0 Å². The maximum absolute atomic E-state index is 14.3. The van der Waals surface area contributed by atoms with Crippen LogP contribution in [0.15, 0.2) is 182 Å². The molecule has 0 amide bonds. The lowest BCUT2D eigenvalue weighted by Gasteiger charge is -2.20. The van der Waals surface area contributed by atoms with Gasteiger partial charge < -0.3 is 9.13 Å². The van der Waals surface area contributed by atoms with Gasteiger partial charge in [-0.1, -0.05) is 115 Å². The van der Waals surface area contributed by atoms with Gasteiger partial charge in [-0.15, -0.1) is 0 Å². The lowest BCUT2D eigenvalue weighted by molar-refractivity contribution is -0.138. The summed E-state index contributed by atoms with van der Waals surface area (Å²) in [5.41, 5.74) is 5.17. The summed E-state index contributed by atoms with van der Waals surface area (Å²) in [7, 11) is 0. The number of nitriles is 1. The van der Waals surface area contributed by atoms with E-state index in [1.807, 2.05) is 106 Å². The number of para-hydroxylation sites is 2. The highest BCUT2D eigenvalue weighted by Gasteiger charge is 2.33. The third-order valence-corrected chi connectivity index (χ3v) is 11.9. The number of nitrogens with zero attached hydrogens (tertiary/aromatic N) is 6. The quantitative estimate of drug-likeness (QED) is 0.156. The van der Waals surface area contributed by atoms with Crippen LogP contribution in [0.2, 0.25) is 0 Å². The van der Waals surface area contributed by atoms with Gasteiger partial charge in [-0.05, 0) is 66.7 Å². The number of benzene rings is 8. The Morgan fingerprint density at radius 2 is 0.788 bits per heavy atom. The molecular weight excluding hydrogens is 847 g/mol. The third-order valence-electron chi connectivity index (χ3n) is 11.9. The van der Waals surface area contributed by atoms with Gasteiger partial charge in [0.05, 0.1) is 56.2 Å². The van der Waals surface area contributed by atoms with Gasteiger partial charge in [-0.2, -0.15) is 31.6 Å². The van der Waals surface area contributed by atoms with Crippen LogP contribution >= 0.6 is 0 Å². The van der Waals surface area contributed by atoms with Gasteiger partial charge in [0.2, 0.25) is 0 Å². The summed E-state index contributed by atoms with van der Waals surface area (Å²) in [4.78, 5) is 14.8. The van der Waals surface area contributed by atoms with Crippen molar-refractivity contribution < 1.29 is 26.3 Å². The topological polar surface area (TPSA) is 72.3 Å². The first-order valence-electron chi connectivity index (χ1n) is 20.7. The first-order valence-corrected chi connectivity index (χ1v) is 20.7. The van der Waals surface area contributed by atoms with Crippen LogP contribution < -0.4 is 0 Å². The molecule has 0 bridgehead atoms. The zero-order valence-electron chi connectivity index (χ0n) is 34.3. The van der Waals surface area contributed by atoms with E-state index in [9.17, 15) is 31.6 Å². The van der Waals surface area contributed by atoms with Crippen LogP contribution in [0.25, 0.3) is 100 Å². The van der Waals surface area contributed by atoms with Crippen LogP contribution in [0, 0.1) is 11.3 Å². The number of aromatic nitrogens is 5. The Morgan fingerprint density at radius 3 is 1.26 bits per heavy atom. The van der Waals surface area contributed by atoms with Crippen molar-refractivity contribution in [2.24, 2.45) is 0 Å². The van der Waals surface area contributed by atoms with Gasteiger partial charge in [-0.25, -0.2) is 15.0 Å². The van der Waals surface area contributed by atoms with Gasteiger partial charge in [0.1, 0.15) is 0 Å². The minimum Gasteiger partial charge on any atom is -0.309 e. The summed E-state index contributed by atoms with van der Waals surface area (Å²) in [5.74, 6) is 1.19. The Labute approximate surface area is 371 Å². The van der Waals surface area contributed by atoms with E-state index in [0.29, 0.717) is 94.7 Å². The fourth-order valence-corrected chi connectivity index (χ4v) is 8.85. The van der Waals surface area contributed by atoms with Crippen LogP contribution in [-0.2, 0) is 12.4 Å². The highest BCUT2D eigenvalue weighted by atomic mass is 19.4. The van der Waals surface area contributed by atoms with Crippen LogP contribution in [0.5, 0.6) is 0 Å². The molecule has 0 N–H and O–H groups in total. The van der Waals surface area contributed by atoms with Crippen LogP contribution in [0.1, 0.15) is 16.7 Å². The number of alkyl halides is 6. The molecule has 318 valence electrons. The molecule has 0 saturated carbocycles. The Balaban J connectivity index is 1.23. The van der Waals surface area contributed by atoms with Crippen molar-refractivity contribution in [1.29, 1.82) is 5.26 Å². The van der Waals surface area contributed by atoms with Crippen molar-refractivity contribution in [2.75, 3.05) is 0 Å². The second kappa shape index (κ2) is 15.3. The number of halogens is 6. The highest BCUT2D eigenvalue weighted by molar-refractivity contribution is 6.12. The van der Waals surface area contributed by atoms with Crippen LogP contribution in [0.3, 0.4) is 0 Å². The molecule has 0 aliphatic rings. The maximum atomic E-state index is 14.3. The summed E-state index contributed by atoms with van der Waals surface area (Å²) in [5, 5.41) is 12.2. The summed E-state index contributed by atoms with van der Waals surface area (Å²) >= 11 is 0. The van der Waals surface area contributed by atoms with E-state index >= 15 is 0 Å². The molecule has 12 heteroatoms. The Bertz CT molecular complexity index is 3690. The molecule has 6 nitrogen and oxygen atoms in total. The minimum atomic E-state index is -4.60. The average Bonchev–Trinajstić information content (AvgIpc) is 3.85. The van der Waals surface area contributed by atoms with E-state index in [0.717, 1.165) is 35.4 Å². The predicted molar refractivity (Wildman–Crippen MR) is 245 cm³/mol. The largest absolute Gasteiger partial charge is 0.416 e. The van der Waals surface area contributed by atoms with Crippen molar-refractivity contribution in [3.63, 3.8) is 0 Å². The molecular formula is C54H30F6N6. The van der Waals surface area contributed by atoms with Gasteiger partial charge in [0.25, 0.3) is 0 Å². The van der Waals surface area contributed by atoms with Crippen molar-refractivity contribution in [3.05, 3.63) is 199 Å². The summed E-state index contributed by atoms with van der Waals surface area (Å²) < 4.78 is 89.2. The summed E-state index contributed by atoms with van der Waals surface area (Å²) in [6.45, 7) is 0. The number of fused-ring (bicyclic) bond motifs is 6. The predicted octanol–water partition coefficient (Wildman–Crippen LogP) is 14.6. The third kappa shape index (κ3) is 6.80. The second-order valence-corrected chi connectivity index (χ2v) is 15.8. The van der Waals surface area contributed by atoms with Gasteiger partial charge in [0, 0.05) is 49.4 Å². The smallest absolute Gasteiger partial charge is 0.309 e. The van der Waals surface area contributed by atoms with E-state index in [1.165, 1.54) is 12.1 Å². The monoisotopic (exact) mass is 876 g/mol. The van der Waals surface area contributed by atoms with Gasteiger partial charge in [0.15, 0.2) is 17.5 Å². The molecule has 0 saturated heterocycles. The first-order chi connectivity index (χ1) is 31.9. The highest BCUT2D eigenvalue weighted by Crippen LogP contribution is 2.44. The first kappa shape index (κ1) is 40.2. The SMILES string of the molecule is N#Cc1ccc(-c2ccc(-c3nc(-c4ccccc4)nc(-c4ccccc4)n3)cc2-n2c3ccccc3c3cc(C(F)(F)F)ccc32)c(-n2c3ccccc3c3cc(C(F)(F)F)ccc32)c1. The lowest BCUT2D eigenvalue weighted by Crippen LogP contribution is -2.05. The fourth-order valence-electron chi connectivity index (χ4n) is 8.85. The molecule has 0 fully saturated rings. The molecule has 0 aliphatic carbocycles. The van der Waals surface area contributed by atoms with Crippen LogP contribution in [-0.4, -0.2) is 24.1 Å². The summed E-state index contributed by atoms with van der Waals surface area (Å²) in [6, 6.07) is 53.6. The summed E-state index contributed by atoms with van der Waals surface area (Å²) in [6.07, 6.45) is -9.19. The molecule has 0 radical (unpaired) electrons. The fraction of sp³-hybridized carbons (Fsp3) is 0.0370. The molecule has 3 aromatic heterocycles. The maximum Gasteiger partial charge on any atom is 0.416 e. The molecule has 0 spiro atoms. The molecule has 3 heterocycles. The average molecular weight is 877 g/mol. The van der Waals surface area contributed by atoms with Crippen LogP contribution in [0.4, 0.5) is 26.3 Å². The Hall–Kier alpha value is -8.56. The molecule has 0 unspecified atom stereocenters. The Morgan fingerprint density at radius 1 is 0.379 bits per heavy atom. The van der Waals surface area contributed by atoms with Gasteiger partial charge >= 0.3 is 12.4 Å². The van der Waals surface area contributed by atoms with Crippen molar-refractivity contribution in [3.8, 4) is 62.7 Å². The molecule has 0 aliphatic heterocycles. The minimum absolute atomic E-state index is 0.299. The zero-order chi connectivity index (χ0) is 45.3. The van der Waals surface area contributed by atoms with Gasteiger partial charge in [-0.3, -0.25) is 0 Å². The normalized spacial score (nSPS) is 12.1. The van der Waals surface area contributed by atoms with Crippen molar-refractivity contribution >= 4 is 43.6 Å². The number of hydrogen-bond donors (Lipinski definition) is 0. The van der Waals surface area contributed by atoms with E-state index in [2.05, 4.69) is 6.07 Å². The van der Waals surface area contributed by atoms with E-state index in [1.54, 1.807) is 48.5 Å². The molecule has 66 heavy (non-hydrogen) atoms. The molecule has 11 aromatic rings. The second-order valence-electron chi connectivity index (χ2n) is 15.8. The van der Waals surface area contributed by atoms with E-state index in [-0.39, 0.29) is 0 Å². The van der Waals surface area contributed by atoms with E-state index < -0.39 is 23.5 Å². The molecule has 0 atom stereocenters. The van der Waals surface area contributed by atoms with Crippen molar-refractivity contribution in [1.82, 2.24) is 24.1 Å². The standard InChI is InChI=1S/C54H30F6N6/c55-53(56,57)36-21-25-46-42(29-36)38-15-7-9-17-44(38)65(46)48-27-32(31-61)19-23-40(48)41-24-20-35(52-63-50(33-11-3-1-4-12-33)62-51(64-52)34-13-5-2-6-14-34)28-49(41)66-45-18-10-8-16-39(45)43-30-37(54(58,59)60)22-26-47(43)66/h1-30H. The lowest BCUT2D eigenvalue weighted by atomic mass is 9.97. The zero-order valence-corrected chi connectivity index (χ0v) is 34.3. The molecule has 8 aromatic carbocycles. The molecule has 11 rings (SSSR count). The van der Waals surface area contributed by atoms with Crippen molar-refractivity contribution in [2.45, 2.75) is 12.4 Å².